The van der Waals surface area contributed by atoms with Crippen LogP contribution in [0, 0.1) is 0 Å². The van der Waals surface area contributed by atoms with Crippen LogP contribution in [0.25, 0.3) is 22.1 Å². The Morgan fingerprint density at radius 2 is 1.04 bits per heavy atom. The maximum Gasteiger partial charge on any atom is 0.277 e. The molecule has 4 aromatic rings. The quantitative estimate of drug-likeness (QED) is 0.434. The molecule has 0 radical (unpaired) electrons. The molecule has 0 amide bonds. The van der Waals surface area contributed by atoms with Crippen LogP contribution in [-0.2, 0) is 0 Å². The van der Waals surface area contributed by atoms with Crippen molar-refractivity contribution in [3.8, 4) is 0 Å². The van der Waals surface area contributed by atoms with Gasteiger partial charge < -0.3 is 9.97 Å². The largest absolute Gasteiger partial charge is 0.311 e. The molecule has 0 saturated carbocycles. The summed E-state index contributed by atoms with van der Waals surface area (Å²) in [6.07, 6.45) is 4.98. The van der Waals surface area contributed by atoms with Crippen molar-refractivity contribution in [2.24, 2.45) is 0 Å². The van der Waals surface area contributed by atoms with E-state index in [0.29, 0.717) is 11.0 Å². The molecule has 0 aliphatic rings. The van der Waals surface area contributed by atoms with Gasteiger partial charge in [0.15, 0.2) is 21.3 Å². The highest BCUT2D eigenvalue weighted by atomic mass is 35.5. The third-order valence-corrected chi connectivity index (χ3v) is 3.32. The molecule has 0 fully saturated rings. The van der Waals surface area contributed by atoms with E-state index in [4.69, 9.17) is 23.2 Å². The van der Waals surface area contributed by atoms with Crippen molar-refractivity contribution in [2.45, 2.75) is 0 Å². The van der Waals surface area contributed by atoms with Gasteiger partial charge in [-0.05, 0) is 0 Å². The third-order valence-electron chi connectivity index (χ3n) is 2.76. The van der Waals surface area contributed by atoms with Crippen molar-refractivity contribution >= 4 is 45.3 Å². The highest BCUT2D eigenvalue weighted by Gasteiger charge is 2.05. The van der Waals surface area contributed by atoms with Gasteiger partial charge in [-0.15, -0.1) is 0 Å². The van der Waals surface area contributed by atoms with Crippen molar-refractivity contribution < 1.29 is 0 Å². The van der Waals surface area contributed by atoms with E-state index in [2.05, 4.69) is 39.9 Å². The molecule has 2 N–H and O–H groups in total. The molecule has 0 aliphatic heterocycles. The summed E-state index contributed by atoms with van der Waals surface area (Å²) in [6, 6.07) is 0. The molecule has 0 aromatic carbocycles. The standard InChI is InChI=1S/C6H2Cl2N4.C6H4N4O2/c7-5-4-3(9-1-11-5)6(8)12-2-10-4;11-5-4-3(7-1-9-5)6(12)10-2-8-4/h1-2H;1-2H,(H,7,9,11)(H,8,10,12). The van der Waals surface area contributed by atoms with E-state index < -0.39 is 11.1 Å². The van der Waals surface area contributed by atoms with Crippen molar-refractivity contribution in [3.05, 3.63) is 56.3 Å². The number of halogens is 2. The van der Waals surface area contributed by atoms with Gasteiger partial charge in [0.05, 0.1) is 12.7 Å². The Kier molecular flexibility index (Phi) is 4.40. The number of rotatable bonds is 0. The highest BCUT2D eigenvalue weighted by Crippen LogP contribution is 2.20. The number of H-pyrrole nitrogens is 2. The summed E-state index contributed by atoms with van der Waals surface area (Å²) in [5, 5.41) is 0.564. The van der Waals surface area contributed by atoms with E-state index >= 15 is 0 Å². The molecule has 0 bridgehead atoms. The maximum absolute atomic E-state index is 11.0. The van der Waals surface area contributed by atoms with Crippen LogP contribution in [0.5, 0.6) is 0 Å². The Bertz CT molecular complexity index is 1050. The normalized spacial score (nSPS) is 10.4. The Balaban J connectivity index is 0.000000141. The lowest BCUT2D eigenvalue weighted by Crippen LogP contribution is -2.16. The lowest BCUT2D eigenvalue weighted by Gasteiger charge is -1.96. The lowest BCUT2D eigenvalue weighted by molar-refractivity contribution is 1.09. The van der Waals surface area contributed by atoms with Gasteiger partial charge in [-0.25, -0.2) is 29.9 Å². The second-order valence-corrected chi connectivity index (χ2v) is 4.90. The van der Waals surface area contributed by atoms with Crippen LogP contribution in [0.4, 0.5) is 0 Å². The Morgan fingerprint density at radius 1 is 0.625 bits per heavy atom. The molecule has 24 heavy (non-hydrogen) atoms. The molecule has 10 nitrogen and oxygen atoms in total. The molecule has 0 atom stereocenters. The van der Waals surface area contributed by atoms with Crippen molar-refractivity contribution in [1.82, 2.24) is 39.9 Å². The van der Waals surface area contributed by atoms with E-state index in [1.165, 1.54) is 25.3 Å². The van der Waals surface area contributed by atoms with E-state index in [9.17, 15) is 9.59 Å². The molecule has 0 aliphatic carbocycles. The number of hydrogen-bond donors (Lipinski definition) is 2. The Labute approximate surface area is 142 Å². The van der Waals surface area contributed by atoms with Crippen LogP contribution in [0.3, 0.4) is 0 Å². The second-order valence-electron chi connectivity index (χ2n) is 4.19. The van der Waals surface area contributed by atoms with Gasteiger partial charge in [-0.1, -0.05) is 23.2 Å². The average Bonchev–Trinajstić information content (AvgIpc) is 2.58. The smallest absolute Gasteiger partial charge is 0.277 e. The molecule has 0 saturated heterocycles. The number of nitrogens with zero attached hydrogens (tertiary/aromatic N) is 6. The first kappa shape index (κ1) is 15.9. The number of hydrogen-bond acceptors (Lipinski definition) is 8. The predicted octanol–water partition coefficient (Wildman–Crippen LogP) is 0.733. The molecule has 12 heteroatoms. The minimum Gasteiger partial charge on any atom is -0.311 e. The number of nitrogens with one attached hydrogen (secondary N) is 2. The first-order valence-electron chi connectivity index (χ1n) is 6.25. The molecule has 120 valence electrons. The van der Waals surface area contributed by atoms with Crippen LogP contribution in [-0.4, -0.2) is 39.9 Å². The second kappa shape index (κ2) is 6.64. The summed E-state index contributed by atoms with van der Waals surface area (Å²) in [7, 11) is 0. The van der Waals surface area contributed by atoms with Gasteiger partial charge in [0.1, 0.15) is 23.7 Å². The van der Waals surface area contributed by atoms with Crippen LogP contribution in [0.1, 0.15) is 0 Å². The molecule has 4 aromatic heterocycles. The van der Waals surface area contributed by atoms with Gasteiger partial charge in [-0.2, -0.15) is 0 Å². The Morgan fingerprint density at radius 3 is 1.46 bits per heavy atom. The van der Waals surface area contributed by atoms with E-state index in [-0.39, 0.29) is 21.3 Å². The average molecular weight is 365 g/mol. The van der Waals surface area contributed by atoms with Crippen LogP contribution >= 0.6 is 23.2 Å². The zero-order chi connectivity index (χ0) is 17.1. The van der Waals surface area contributed by atoms with Crippen LogP contribution < -0.4 is 11.1 Å². The zero-order valence-corrected chi connectivity index (χ0v) is 13.1. The summed E-state index contributed by atoms with van der Waals surface area (Å²) in [6.45, 7) is 0. The van der Waals surface area contributed by atoms with Crippen molar-refractivity contribution in [2.75, 3.05) is 0 Å². The van der Waals surface area contributed by atoms with E-state index in [1.54, 1.807) is 0 Å². The summed E-state index contributed by atoms with van der Waals surface area (Å²) < 4.78 is 0. The first-order valence-corrected chi connectivity index (χ1v) is 7.01. The fourth-order valence-corrected chi connectivity index (χ4v) is 2.09. The number of aromatic amines is 2. The summed E-state index contributed by atoms with van der Waals surface area (Å²) in [5.41, 5.74) is 0.234. The maximum atomic E-state index is 11.0. The van der Waals surface area contributed by atoms with E-state index in [0.717, 1.165) is 0 Å². The minimum atomic E-state index is -0.411. The SMILES string of the molecule is Clc1ncnc2c(Cl)ncnc12.O=c1[nH]cnc2c(=O)[nH]cnc12. The zero-order valence-electron chi connectivity index (χ0n) is 11.6. The predicted molar refractivity (Wildman–Crippen MR) is 85.9 cm³/mol. The van der Waals surface area contributed by atoms with Gasteiger partial charge in [-0.3, -0.25) is 9.59 Å². The molecule has 4 rings (SSSR count). The fraction of sp³-hybridized carbons (Fsp3) is 0. The van der Waals surface area contributed by atoms with Crippen LogP contribution in [0.2, 0.25) is 10.3 Å². The summed E-state index contributed by atoms with van der Waals surface area (Å²) >= 11 is 11.5. The van der Waals surface area contributed by atoms with Gasteiger partial charge >= 0.3 is 0 Å². The monoisotopic (exact) mass is 364 g/mol. The van der Waals surface area contributed by atoms with Crippen molar-refractivity contribution in [1.29, 1.82) is 0 Å². The third kappa shape index (κ3) is 3.05. The molecular formula is C12H6Cl2N8O2. The summed E-state index contributed by atoms with van der Waals surface area (Å²) in [5.74, 6) is 0. The molecule has 0 spiro atoms. The fourth-order valence-electron chi connectivity index (χ4n) is 1.72. The first-order chi connectivity index (χ1) is 11.6. The molecular weight excluding hydrogens is 359 g/mol. The van der Waals surface area contributed by atoms with Gasteiger partial charge in [0, 0.05) is 0 Å². The lowest BCUT2D eigenvalue weighted by atomic mass is 10.4. The number of aromatic nitrogens is 8. The highest BCUT2D eigenvalue weighted by molar-refractivity contribution is 6.37. The number of fused-ring (bicyclic) bond motifs is 2. The van der Waals surface area contributed by atoms with Gasteiger partial charge in [0.25, 0.3) is 11.1 Å². The minimum absolute atomic E-state index is 0.0567. The topological polar surface area (TPSA) is 143 Å². The van der Waals surface area contributed by atoms with E-state index in [1.807, 2.05) is 0 Å². The van der Waals surface area contributed by atoms with Crippen LogP contribution in [0.15, 0.2) is 34.9 Å². The molecule has 4 heterocycles. The Hall–Kier alpha value is -2.98. The van der Waals surface area contributed by atoms with Gasteiger partial charge in [0.2, 0.25) is 0 Å². The van der Waals surface area contributed by atoms with Crippen molar-refractivity contribution in [3.63, 3.8) is 0 Å². The molecule has 0 unspecified atom stereocenters. The summed E-state index contributed by atoms with van der Waals surface area (Å²) in [4.78, 5) is 49.3.